The lowest BCUT2D eigenvalue weighted by molar-refractivity contribution is 0.213. The molecule has 114 valence electrons. The van der Waals surface area contributed by atoms with Gasteiger partial charge in [-0.25, -0.2) is 8.42 Å². The average Bonchev–Trinajstić information content (AvgIpc) is 2.88. The molecule has 20 heavy (non-hydrogen) atoms. The number of hydrogen-bond acceptors (Lipinski definition) is 6. The number of piperidine rings is 1. The molecule has 0 amide bonds. The zero-order valence-corrected chi connectivity index (χ0v) is 13.2. The minimum atomic E-state index is -3.21. The van der Waals surface area contributed by atoms with E-state index in [-0.39, 0.29) is 11.2 Å². The smallest absolute Gasteiger partial charge is 0.234 e. The van der Waals surface area contributed by atoms with Crippen LogP contribution in [0.2, 0.25) is 0 Å². The first-order valence-electron chi connectivity index (χ1n) is 7.13. The van der Waals surface area contributed by atoms with E-state index in [4.69, 9.17) is 4.52 Å². The molecule has 0 aliphatic carbocycles. The fraction of sp³-hybridized carbons (Fsp3) is 0.846. The van der Waals surface area contributed by atoms with Gasteiger partial charge in [0.05, 0.1) is 5.41 Å². The van der Waals surface area contributed by atoms with E-state index in [1.165, 1.54) is 6.26 Å². The Morgan fingerprint density at radius 2 is 2.25 bits per heavy atom. The third-order valence-electron chi connectivity index (χ3n) is 4.10. The SMILES string of the molecule is CCCC1(c2nc(C(C)S(C)(=O)=O)no2)CCCNC1. The molecule has 1 aliphatic rings. The van der Waals surface area contributed by atoms with Gasteiger partial charge in [-0.05, 0) is 32.7 Å². The van der Waals surface area contributed by atoms with Crippen molar-refractivity contribution >= 4 is 9.84 Å². The molecule has 2 rings (SSSR count). The first kappa shape index (κ1) is 15.4. The van der Waals surface area contributed by atoms with Crippen molar-refractivity contribution in [2.45, 2.75) is 50.2 Å². The van der Waals surface area contributed by atoms with Crippen molar-refractivity contribution in [3.8, 4) is 0 Å². The quantitative estimate of drug-likeness (QED) is 0.889. The van der Waals surface area contributed by atoms with E-state index in [2.05, 4.69) is 22.4 Å². The van der Waals surface area contributed by atoms with Crippen molar-refractivity contribution in [1.82, 2.24) is 15.5 Å². The van der Waals surface area contributed by atoms with Crippen LogP contribution in [0.4, 0.5) is 0 Å². The lowest BCUT2D eigenvalue weighted by atomic mass is 9.77. The van der Waals surface area contributed by atoms with Gasteiger partial charge < -0.3 is 9.84 Å². The van der Waals surface area contributed by atoms with Crippen molar-refractivity contribution in [2.24, 2.45) is 0 Å². The number of nitrogens with zero attached hydrogens (tertiary/aromatic N) is 2. The highest BCUT2D eigenvalue weighted by Crippen LogP contribution is 2.35. The van der Waals surface area contributed by atoms with Crippen LogP contribution in [0.1, 0.15) is 56.5 Å². The molecule has 0 saturated carbocycles. The van der Waals surface area contributed by atoms with Crippen LogP contribution >= 0.6 is 0 Å². The third-order valence-corrected chi connectivity index (χ3v) is 5.60. The number of rotatable bonds is 5. The van der Waals surface area contributed by atoms with Gasteiger partial charge >= 0.3 is 0 Å². The summed E-state index contributed by atoms with van der Waals surface area (Å²) in [5.41, 5.74) is -0.143. The standard InChI is InChI=1S/C13H23N3O3S/c1-4-6-13(7-5-8-14-9-13)12-15-11(16-19-12)10(2)20(3,17)18/h10,14H,4-9H2,1-3H3. The summed E-state index contributed by atoms with van der Waals surface area (Å²) in [5.74, 6) is 0.848. The first-order chi connectivity index (χ1) is 9.39. The van der Waals surface area contributed by atoms with Gasteiger partial charge in [0.25, 0.3) is 0 Å². The molecule has 0 spiro atoms. The van der Waals surface area contributed by atoms with Crippen molar-refractivity contribution < 1.29 is 12.9 Å². The molecular weight excluding hydrogens is 278 g/mol. The van der Waals surface area contributed by atoms with E-state index >= 15 is 0 Å². The number of nitrogens with one attached hydrogen (secondary N) is 1. The molecule has 1 aliphatic heterocycles. The molecule has 2 unspecified atom stereocenters. The summed E-state index contributed by atoms with van der Waals surface area (Å²) in [6.45, 7) is 5.55. The molecule has 1 aromatic heterocycles. The molecule has 0 radical (unpaired) electrons. The van der Waals surface area contributed by atoms with Crippen LogP contribution in [0.15, 0.2) is 4.52 Å². The zero-order valence-electron chi connectivity index (χ0n) is 12.3. The lowest BCUT2D eigenvalue weighted by Crippen LogP contribution is -2.43. The minimum Gasteiger partial charge on any atom is -0.339 e. The Labute approximate surface area is 120 Å². The zero-order chi connectivity index (χ0) is 14.8. The number of hydrogen-bond donors (Lipinski definition) is 1. The summed E-state index contributed by atoms with van der Waals surface area (Å²) in [6.07, 6.45) is 5.26. The van der Waals surface area contributed by atoms with Crippen LogP contribution in [-0.2, 0) is 15.3 Å². The third kappa shape index (κ3) is 3.03. The Bertz CT molecular complexity index is 541. The molecule has 1 fully saturated rings. The van der Waals surface area contributed by atoms with Gasteiger partial charge in [-0.3, -0.25) is 0 Å². The normalized spacial score (nSPS) is 25.6. The maximum absolute atomic E-state index is 11.6. The Morgan fingerprint density at radius 3 is 2.80 bits per heavy atom. The van der Waals surface area contributed by atoms with Gasteiger partial charge in [0.1, 0.15) is 5.25 Å². The van der Waals surface area contributed by atoms with Gasteiger partial charge in [-0.1, -0.05) is 18.5 Å². The summed E-state index contributed by atoms with van der Waals surface area (Å²) < 4.78 is 28.6. The van der Waals surface area contributed by atoms with Crippen molar-refractivity contribution in [1.29, 1.82) is 0 Å². The van der Waals surface area contributed by atoms with E-state index in [0.717, 1.165) is 38.8 Å². The van der Waals surface area contributed by atoms with Gasteiger partial charge in [0.15, 0.2) is 15.7 Å². The molecule has 0 bridgehead atoms. The number of aromatic nitrogens is 2. The monoisotopic (exact) mass is 301 g/mol. The first-order valence-corrected chi connectivity index (χ1v) is 9.08. The van der Waals surface area contributed by atoms with Crippen molar-refractivity contribution in [3.63, 3.8) is 0 Å². The van der Waals surface area contributed by atoms with Crippen molar-refractivity contribution in [2.75, 3.05) is 19.3 Å². The van der Waals surface area contributed by atoms with Crippen LogP contribution in [-0.4, -0.2) is 37.9 Å². The van der Waals surface area contributed by atoms with Crippen molar-refractivity contribution in [3.05, 3.63) is 11.7 Å². The van der Waals surface area contributed by atoms with Gasteiger partial charge in [0.2, 0.25) is 5.89 Å². The van der Waals surface area contributed by atoms with E-state index in [1.807, 2.05) is 0 Å². The predicted molar refractivity (Wildman–Crippen MR) is 76.2 cm³/mol. The van der Waals surface area contributed by atoms with Crippen LogP contribution in [0.5, 0.6) is 0 Å². The summed E-state index contributed by atoms with van der Waals surface area (Å²) in [5, 5.41) is 6.55. The summed E-state index contributed by atoms with van der Waals surface area (Å²) in [4.78, 5) is 4.39. The Morgan fingerprint density at radius 1 is 1.50 bits per heavy atom. The molecule has 1 saturated heterocycles. The van der Waals surface area contributed by atoms with E-state index in [1.54, 1.807) is 6.92 Å². The maximum Gasteiger partial charge on any atom is 0.234 e. The van der Waals surface area contributed by atoms with E-state index in [9.17, 15) is 8.42 Å². The molecule has 7 heteroatoms. The fourth-order valence-corrected chi connectivity index (χ4v) is 3.23. The molecule has 2 atom stereocenters. The molecular formula is C13H23N3O3S. The summed E-state index contributed by atoms with van der Waals surface area (Å²) >= 11 is 0. The molecule has 0 aromatic carbocycles. The van der Waals surface area contributed by atoms with Crippen LogP contribution in [0.3, 0.4) is 0 Å². The Kier molecular flexibility index (Phi) is 4.49. The van der Waals surface area contributed by atoms with Crippen LogP contribution in [0, 0.1) is 0 Å². The molecule has 1 aromatic rings. The highest BCUT2D eigenvalue weighted by atomic mass is 32.2. The summed E-state index contributed by atoms with van der Waals surface area (Å²) in [6, 6.07) is 0. The highest BCUT2D eigenvalue weighted by Gasteiger charge is 2.39. The lowest BCUT2D eigenvalue weighted by Gasteiger charge is -2.34. The largest absolute Gasteiger partial charge is 0.339 e. The Hall–Kier alpha value is -0.950. The molecule has 2 heterocycles. The Balaban J connectivity index is 2.30. The van der Waals surface area contributed by atoms with Crippen LogP contribution in [0.25, 0.3) is 0 Å². The number of sulfone groups is 1. The maximum atomic E-state index is 11.6. The second-order valence-electron chi connectivity index (χ2n) is 5.74. The topological polar surface area (TPSA) is 85.1 Å². The van der Waals surface area contributed by atoms with Gasteiger partial charge in [-0.2, -0.15) is 4.98 Å². The predicted octanol–water partition coefficient (Wildman–Crippen LogP) is 1.60. The van der Waals surface area contributed by atoms with Crippen LogP contribution < -0.4 is 5.32 Å². The van der Waals surface area contributed by atoms with E-state index < -0.39 is 15.1 Å². The fourth-order valence-electron chi connectivity index (χ4n) is 2.76. The second-order valence-corrected chi connectivity index (χ2v) is 8.11. The molecule has 6 nitrogen and oxygen atoms in total. The van der Waals surface area contributed by atoms with E-state index in [0.29, 0.717) is 5.89 Å². The second kappa shape index (κ2) is 5.81. The molecule has 1 N–H and O–H groups in total. The van der Waals surface area contributed by atoms with Gasteiger partial charge in [0, 0.05) is 12.8 Å². The summed E-state index contributed by atoms with van der Waals surface area (Å²) in [7, 11) is -3.21. The minimum absolute atomic E-state index is 0.143. The highest BCUT2D eigenvalue weighted by molar-refractivity contribution is 7.90. The average molecular weight is 301 g/mol. The van der Waals surface area contributed by atoms with Gasteiger partial charge in [-0.15, -0.1) is 0 Å².